The zero-order chi connectivity index (χ0) is 17.3. The third-order valence-corrected chi connectivity index (χ3v) is 4.18. The van der Waals surface area contributed by atoms with Crippen LogP contribution in [0.4, 0.5) is 10.7 Å². The van der Waals surface area contributed by atoms with Crippen LogP contribution in [-0.2, 0) is 0 Å². The minimum atomic E-state index is -0.190. The fraction of sp³-hybridized carbons (Fsp3) is 0.667. The van der Waals surface area contributed by atoms with Crippen LogP contribution in [0.5, 0.6) is 0 Å². The molecular weight excluding hydrogens is 308 g/mol. The molecule has 2 aromatic heterocycles. The summed E-state index contributed by atoms with van der Waals surface area (Å²) in [6, 6.07) is 2.18. The summed E-state index contributed by atoms with van der Waals surface area (Å²) in [6.07, 6.45) is 1.97. The molecule has 9 heteroatoms. The van der Waals surface area contributed by atoms with Gasteiger partial charge in [-0.25, -0.2) is 4.79 Å². The Morgan fingerprint density at radius 2 is 2.12 bits per heavy atom. The number of aromatic nitrogens is 6. The number of anilines is 1. The van der Waals surface area contributed by atoms with E-state index in [9.17, 15) is 4.79 Å². The van der Waals surface area contributed by atoms with Crippen LogP contribution in [-0.4, -0.2) is 54.0 Å². The van der Waals surface area contributed by atoms with Crippen LogP contribution in [0.1, 0.15) is 50.2 Å². The first-order valence-electron chi connectivity index (χ1n) is 8.32. The lowest BCUT2D eigenvalue weighted by molar-refractivity contribution is 0.173. The van der Waals surface area contributed by atoms with Crippen molar-refractivity contribution in [2.45, 2.75) is 52.6 Å². The molecule has 1 N–H and O–H groups in total. The molecule has 130 valence electrons. The molecule has 24 heavy (non-hydrogen) atoms. The van der Waals surface area contributed by atoms with Gasteiger partial charge in [-0.05, 0) is 51.8 Å². The van der Waals surface area contributed by atoms with Crippen LogP contribution in [0.3, 0.4) is 0 Å². The molecule has 2 amide bonds. The smallest absolute Gasteiger partial charge is 0.322 e. The van der Waals surface area contributed by atoms with E-state index in [1.165, 1.54) is 4.80 Å². The number of rotatable bonds is 3. The van der Waals surface area contributed by atoms with Crippen molar-refractivity contribution in [1.29, 1.82) is 0 Å². The average molecular weight is 332 g/mol. The fourth-order valence-electron chi connectivity index (χ4n) is 3.02. The van der Waals surface area contributed by atoms with Gasteiger partial charge in [0, 0.05) is 18.8 Å². The molecule has 1 fully saturated rings. The van der Waals surface area contributed by atoms with Gasteiger partial charge in [-0.15, -0.1) is 5.10 Å². The van der Waals surface area contributed by atoms with Crippen LogP contribution >= 0.6 is 0 Å². The highest BCUT2D eigenvalue weighted by molar-refractivity contribution is 5.87. The van der Waals surface area contributed by atoms with Gasteiger partial charge in [0.1, 0.15) is 0 Å². The second-order valence-corrected chi connectivity index (χ2v) is 6.57. The largest absolute Gasteiger partial charge is 0.324 e. The maximum atomic E-state index is 12.5. The number of tetrazole rings is 1. The first kappa shape index (κ1) is 16.4. The zero-order valence-electron chi connectivity index (χ0n) is 14.6. The van der Waals surface area contributed by atoms with Gasteiger partial charge in [0.15, 0.2) is 0 Å². The molecule has 1 unspecified atom stereocenters. The first-order chi connectivity index (χ1) is 11.4. The van der Waals surface area contributed by atoms with Gasteiger partial charge in [0.25, 0.3) is 5.95 Å². The predicted octanol–water partition coefficient (Wildman–Crippen LogP) is 1.94. The summed E-state index contributed by atoms with van der Waals surface area (Å²) in [5.74, 6) is 0.238. The van der Waals surface area contributed by atoms with Crippen LogP contribution in [0, 0.1) is 13.8 Å². The van der Waals surface area contributed by atoms with Crippen molar-refractivity contribution in [3.63, 3.8) is 0 Å². The molecule has 3 rings (SSSR count). The highest BCUT2D eigenvalue weighted by Crippen LogP contribution is 2.23. The maximum Gasteiger partial charge on any atom is 0.324 e. The summed E-state index contributed by atoms with van der Waals surface area (Å²) in [7, 11) is 0. The standard InChI is InChI=1S/C15H24N8O/c1-10(2)23-19-14(17-20-23)16-15(24)21-7-5-6-13(9-21)22-12(4)8-11(3)18-22/h8,10,13H,5-7,9H2,1-4H3,(H,16,19,24). The van der Waals surface area contributed by atoms with E-state index >= 15 is 0 Å². The third-order valence-electron chi connectivity index (χ3n) is 4.18. The number of nitrogens with one attached hydrogen (secondary N) is 1. The SMILES string of the molecule is Cc1cc(C)n(C2CCCN(C(=O)Nc3nnn(C(C)C)n3)C2)n1. The van der Waals surface area contributed by atoms with E-state index in [1.807, 2.05) is 32.4 Å². The molecule has 0 aliphatic carbocycles. The quantitative estimate of drug-likeness (QED) is 0.927. The number of nitrogens with zero attached hydrogens (tertiary/aromatic N) is 7. The summed E-state index contributed by atoms with van der Waals surface area (Å²) in [4.78, 5) is 15.8. The lowest BCUT2D eigenvalue weighted by Crippen LogP contribution is -2.43. The number of carbonyl (C=O) groups excluding carboxylic acids is 1. The molecule has 0 spiro atoms. The Morgan fingerprint density at radius 1 is 1.33 bits per heavy atom. The van der Waals surface area contributed by atoms with Crippen molar-refractivity contribution in [1.82, 2.24) is 34.9 Å². The van der Waals surface area contributed by atoms with E-state index in [2.05, 4.69) is 31.9 Å². The normalized spacial score (nSPS) is 18.2. The zero-order valence-corrected chi connectivity index (χ0v) is 14.6. The molecule has 0 aromatic carbocycles. The topological polar surface area (TPSA) is 93.8 Å². The first-order valence-corrected chi connectivity index (χ1v) is 8.32. The highest BCUT2D eigenvalue weighted by Gasteiger charge is 2.26. The molecule has 3 heterocycles. The third kappa shape index (κ3) is 3.39. The molecule has 2 aromatic rings. The maximum absolute atomic E-state index is 12.5. The van der Waals surface area contributed by atoms with Gasteiger partial charge < -0.3 is 4.90 Å². The Balaban J connectivity index is 1.65. The molecule has 9 nitrogen and oxygen atoms in total. The lowest BCUT2D eigenvalue weighted by atomic mass is 10.1. The predicted molar refractivity (Wildman–Crippen MR) is 88.8 cm³/mol. The number of amides is 2. The van der Waals surface area contributed by atoms with E-state index in [4.69, 9.17) is 0 Å². The van der Waals surface area contributed by atoms with Crippen molar-refractivity contribution in [3.8, 4) is 0 Å². The monoisotopic (exact) mass is 332 g/mol. The molecule has 1 atom stereocenters. The second kappa shape index (κ2) is 6.58. The summed E-state index contributed by atoms with van der Waals surface area (Å²) in [6.45, 7) is 9.30. The number of hydrogen-bond donors (Lipinski definition) is 1. The van der Waals surface area contributed by atoms with Crippen molar-refractivity contribution >= 4 is 12.0 Å². The number of piperidine rings is 1. The Kier molecular flexibility index (Phi) is 4.50. The van der Waals surface area contributed by atoms with Crippen molar-refractivity contribution in [2.24, 2.45) is 0 Å². The van der Waals surface area contributed by atoms with Crippen molar-refractivity contribution < 1.29 is 4.79 Å². The summed E-state index contributed by atoms with van der Waals surface area (Å²) < 4.78 is 2.03. The number of urea groups is 1. The van der Waals surface area contributed by atoms with Gasteiger partial charge in [0.2, 0.25) is 0 Å². The van der Waals surface area contributed by atoms with Crippen LogP contribution in [0.2, 0.25) is 0 Å². The molecule has 1 aliphatic rings. The molecule has 0 saturated carbocycles. The van der Waals surface area contributed by atoms with Gasteiger partial charge in [-0.3, -0.25) is 10.00 Å². The van der Waals surface area contributed by atoms with Crippen LogP contribution in [0.15, 0.2) is 6.07 Å². The Morgan fingerprint density at radius 3 is 2.75 bits per heavy atom. The minimum absolute atomic E-state index is 0.105. The van der Waals surface area contributed by atoms with E-state index < -0.39 is 0 Å². The Labute approximate surface area is 141 Å². The average Bonchev–Trinajstić information content (AvgIpc) is 3.14. The van der Waals surface area contributed by atoms with Crippen molar-refractivity contribution in [3.05, 3.63) is 17.5 Å². The van der Waals surface area contributed by atoms with E-state index in [-0.39, 0.29) is 24.1 Å². The lowest BCUT2D eigenvalue weighted by Gasteiger charge is -2.33. The number of hydrogen-bond acceptors (Lipinski definition) is 5. The molecule has 1 aliphatic heterocycles. The Bertz CT molecular complexity index is 719. The summed E-state index contributed by atoms with van der Waals surface area (Å²) >= 11 is 0. The van der Waals surface area contributed by atoms with Gasteiger partial charge >= 0.3 is 6.03 Å². The molecule has 1 saturated heterocycles. The minimum Gasteiger partial charge on any atom is -0.322 e. The van der Waals surface area contributed by atoms with Crippen LogP contribution < -0.4 is 5.32 Å². The highest BCUT2D eigenvalue weighted by atomic mass is 16.2. The van der Waals surface area contributed by atoms with Gasteiger partial charge in [-0.1, -0.05) is 5.10 Å². The van der Waals surface area contributed by atoms with E-state index in [0.29, 0.717) is 6.54 Å². The second-order valence-electron chi connectivity index (χ2n) is 6.57. The molecule has 0 bridgehead atoms. The van der Waals surface area contributed by atoms with Crippen LogP contribution in [0.25, 0.3) is 0 Å². The number of likely N-dealkylation sites (tertiary alicyclic amines) is 1. The molecule has 0 radical (unpaired) electrons. The number of carbonyl (C=O) groups is 1. The number of aryl methyl sites for hydroxylation is 2. The van der Waals surface area contributed by atoms with E-state index in [1.54, 1.807) is 4.90 Å². The van der Waals surface area contributed by atoms with Gasteiger partial charge in [-0.2, -0.15) is 9.90 Å². The Hall–Kier alpha value is -2.45. The summed E-state index contributed by atoms with van der Waals surface area (Å²) in [5, 5.41) is 19.2. The summed E-state index contributed by atoms with van der Waals surface area (Å²) in [5.41, 5.74) is 2.13. The van der Waals surface area contributed by atoms with Gasteiger partial charge in [0.05, 0.1) is 17.8 Å². The van der Waals surface area contributed by atoms with E-state index in [0.717, 1.165) is 30.8 Å². The van der Waals surface area contributed by atoms with Crippen molar-refractivity contribution in [2.75, 3.05) is 18.4 Å². The fourth-order valence-corrected chi connectivity index (χ4v) is 3.02. The molecular formula is C15H24N8O.